The van der Waals surface area contributed by atoms with Gasteiger partial charge in [0.1, 0.15) is 0 Å². The first-order valence-electron chi connectivity index (χ1n) is 3.71. The Labute approximate surface area is 56.8 Å². The van der Waals surface area contributed by atoms with E-state index in [0.717, 1.165) is 6.04 Å². The number of hydrogen-bond acceptors (Lipinski definition) is 2. The summed E-state index contributed by atoms with van der Waals surface area (Å²) in [5, 5.41) is 0. The average molecular weight is 128 g/mol. The van der Waals surface area contributed by atoms with Crippen molar-refractivity contribution < 1.29 is 0 Å². The van der Waals surface area contributed by atoms with Gasteiger partial charge in [-0.25, -0.2) is 0 Å². The van der Waals surface area contributed by atoms with Crippen molar-refractivity contribution in [3.63, 3.8) is 0 Å². The Bertz CT molecular complexity index is 72.9. The minimum Gasteiger partial charge on any atom is -0.344 e. The van der Waals surface area contributed by atoms with Crippen LogP contribution >= 0.6 is 0 Å². The van der Waals surface area contributed by atoms with Gasteiger partial charge < -0.3 is 11.1 Å². The van der Waals surface area contributed by atoms with Crippen molar-refractivity contribution in [2.24, 2.45) is 0 Å². The number of hydrogen-bond donors (Lipinski definition) is 1. The lowest BCUT2D eigenvalue weighted by atomic mass is 10.2. The van der Waals surface area contributed by atoms with Gasteiger partial charge in [-0.1, -0.05) is 0 Å². The smallest absolute Gasteiger partial charge is 0.00962 e. The molecule has 0 aliphatic carbocycles. The second kappa shape index (κ2) is 2.67. The fraction of sp³-hybridized carbons (Fsp3) is 1.00. The topological polar surface area (TPSA) is 38.2 Å². The van der Waals surface area contributed by atoms with E-state index in [1.807, 2.05) is 0 Å². The molecule has 2 heterocycles. The maximum absolute atomic E-state index is 2.64. The van der Waals surface area contributed by atoms with Crippen molar-refractivity contribution in [1.29, 1.82) is 0 Å². The predicted octanol–water partition coefficient (Wildman–Crippen LogP) is 1.41. The number of fused-ring (bicyclic) bond motifs is 1. The Morgan fingerprint density at radius 2 is 1.56 bits per heavy atom. The Morgan fingerprint density at radius 3 is 2.00 bits per heavy atom. The molecule has 2 rings (SSSR count). The maximum Gasteiger partial charge on any atom is 0.00962 e. The summed E-state index contributed by atoms with van der Waals surface area (Å²) >= 11 is 0. The van der Waals surface area contributed by atoms with Gasteiger partial charge in [-0.15, -0.1) is 0 Å². The average Bonchev–Trinajstić information content (AvgIpc) is 2.15. The Kier molecular flexibility index (Phi) is 2.09. The standard InChI is InChI=1S/C7H13N.H3N/c1-3-7-4-2-6-8(7)5-1;/h7H,1-6H2;1H3. The van der Waals surface area contributed by atoms with Gasteiger partial charge in [-0.3, -0.25) is 0 Å². The zero-order valence-electron chi connectivity index (χ0n) is 5.97. The second-order valence-corrected chi connectivity index (χ2v) is 2.97. The molecule has 2 fully saturated rings. The van der Waals surface area contributed by atoms with E-state index in [9.17, 15) is 0 Å². The Hall–Kier alpha value is -0.0800. The molecule has 0 unspecified atom stereocenters. The first-order valence-corrected chi connectivity index (χ1v) is 3.71. The molecule has 9 heavy (non-hydrogen) atoms. The summed E-state index contributed by atoms with van der Waals surface area (Å²) in [4.78, 5) is 2.64. The quantitative estimate of drug-likeness (QED) is 0.535. The van der Waals surface area contributed by atoms with E-state index in [2.05, 4.69) is 4.90 Å². The normalized spacial score (nSPS) is 28.0. The zero-order chi connectivity index (χ0) is 5.40. The molecule has 54 valence electrons. The molecule has 0 radical (unpaired) electrons. The maximum atomic E-state index is 2.64. The molecule has 0 aromatic rings. The van der Waals surface area contributed by atoms with E-state index < -0.39 is 0 Å². The lowest BCUT2D eigenvalue weighted by molar-refractivity contribution is 0.325. The molecular formula is C7H16N2. The third-order valence-electron chi connectivity index (χ3n) is 2.48. The Morgan fingerprint density at radius 1 is 1.00 bits per heavy atom. The Balaban J connectivity index is 0.000000405. The SMILES string of the molecule is C1CC2CCCN2C1.N. The first kappa shape index (κ1) is 7.03. The molecule has 0 amide bonds. The van der Waals surface area contributed by atoms with Crippen molar-refractivity contribution in [2.45, 2.75) is 31.7 Å². The van der Waals surface area contributed by atoms with Crippen LogP contribution in [0.25, 0.3) is 0 Å². The molecule has 2 aliphatic heterocycles. The monoisotopic (exact) mass is 128 g/mol. The predicted molar refractivity (Wildman–Crippen MR) is 38.9 cm³/mol. The fourth-order valence-electron chi connectivity index (χ4n) is 2.05. The largest absolute Gasteiger partial charge is 0.344 e. The molecule has 2 heteroatoms. The van der Waals surface area contributed by atoms with Crippen molar-refractivity contribution in [3.05, 3.63) is 0 Å². The highest BCUT2D eigenvalue weighted by molar-refractivity contribution is 4.84. The van der Waals surface area contributed by atoms with Gasteiger partial charge in [-0.2, -0.15) is 0 Å². The van der Waals surface area contributed by atoms with Crippen LogP contribution in [0.3, 0.4) is 0 Å². The van der Waals surface area contributed by atoms with Gasteiger partial charge >= 0.3 is 0 Å². The van der Waals surface area contributed by atoms with Crippen molar-refractivity contribution >= 4 is 0 Å². The van der Waals surface area contributed by atoms with Crippen LogP contribution in [0.1, 0.15) is 25.7 Å². The number of nitrogens with zero attached hydrogens (tertiary/aromatic N) is 1. The minimum atomic E-state index is 0. The van der Waals surface area contributed by atoms with Gasteiger partial charge in [0.2, 0.25) is 0 Å². The molecule has 0 spiro atoms. The highest BCUT2D eigenvalue weighted by Gasteiger charge is 2.27. The van der Waals surface area contributed by atoms with Gasteiger partial charge in [-0.05, 0) is 38.8 Å². The van der Waals surface area contributed by atoms with Crippen LogP contribution < -0.4 is 6.15 Å². The van der Waals surface area contributed by atoms with E-state index in [4.69, 9.17) is 0 Å². The van der Waals surface area contributed by atoms with Crippen LogP contribution in [0.15, 0.2) is 0 Å². The van der Waals surface area contributed by atoms with E-state index in [-0.39, 0.29) is 6.15 Å². The minimum absolute atomic E-state index is 0. The molecule has 0 aromatic carbocycles. The summed E-state index contributed by atoms with van der Waals surface area (Å²) in [6.45, 7) is 2.79. The van der Waals surface area contributed by atoms with Crippen molar-refractivity contribution in [3.8, 4) is 0 Å². The van der Waals surface area contributed by atoms with Gasteiger partial charge in [0, 0.05) is 6.04 Å². The summed E-state index contributed by atoms with van der Waals surface area (Å²) in [6.07, 6.45) is 5.90. The van der Waals surface area contributed by atoms with Gasteiger partial charge in [0.15, 0.2) is 0 Å². The van der Waals surface area contributed by atoms with E-state index in [1.54, 1.807) is 0 Å². The third-order valence-corrected chi connectivity index (χ3v) is 2.48. The second-order valence-electron chi connectivity index (χ2n) is 2.97. The molecular weight excluding hydrogens is 112 g/mol. The zero-order valence-corrected chi connectivity index (χ0v) is 5.97. The molecule has 2 saturated heterocycles. The summed E-state index contributed by atoms with van der Waals surface area (Å²) in [5.41, 5.74) is 0. The van der Waals surface area contributed by atoms with Crippen molar-refractivity contribution in [2.75, 3.05) is 13.1 Å². The summed E-state index contributed by atoms with van der Waals surface area (Å²) in [5.74, 6) is 0. The highest BCUT2D eigenvalue weighted by Crippen LogP contribution is 2.26. The fourth-order valence-corrected chi connectivity index (χ4v) is 2.05. The van der Waals surface area contributed by atoms with Gasteiger partial charge in [0.05, 0.1) is 0 Å². The highest BCUT2D eigenvalue weighted by atomic mass is 15.2. The summed E-state index contributed by atoms with van der Waals surface area (Å²) < 4.78 is 0. The van der Waals surface area contributed by atoms with Crippen molar-refractivity contribution in [1.82, 2.24) is 11.1 Å². The molecule has 2 nitrogen and oxygen atoms in total. The first-order chi connectivity index (χ1) is 3.97. The van der Waals surface area contributed by atoms with Crippen LogP contribution in [0.2, 0.25) is 0 Å². The third kappa shape index (κ3) is 1.10. The van der Waals surface area contributed by atoms with E-state index in [0.29, 0.717) is 0 Å². The van der Waals surface area contributed by atoms with Crippen LogP contribution in [-0.4, -0.2) is 24.0 Å². The summed E-state index contributed by atoms with van der Waals surface area (Å²) in [7, 11) is 0. The molecule has 0 aromatic heterocycles. The molecule has 0 saturated carbocycles. The molecule has 3 N–H and O–H groups in total. The van der Waals surface area contributed by atoms with Crippen LogP contribution in [-0.2, 0) is 0 Å². The lowest BCUT2D eigenvalue weighted by Gasteiger charge is -2.11. The van der Waals surface area contributed by atoms with Gasteiger partial charge in [0.25, 0.3) is 0 Å². The molecule has 0 atom stereocenters. The molecule has 0 bridgehead atoms. The van der Waals surface area contributed by atoms with Crippen LogP contribution in [0.4, 0.5) is 0 Å². The van der Waals surface area contributed by atoms with Crippen LogP contribution in [0.5, 0.6) is 0 Å². The lowest BCUT2D eigenvalue weighted by Crippen LogP contribution is -2.21. The van der Waals surface area contributed by atoms with E-state index >= 15 is 0 Å². The summed E-state index contributed by atoms with van der Waals surface area (Å²) in [6, 6.07) is 1.01. The number of rotatable bonds is 0. The molecule has 2 aliphatic rings. The van der Waals surface area contributed by atoms with E-state index in [1.165, 1.54) is 38.8 Å². The van der Waals surface area contributed by atoms with Crippen LogP contribution in [0, 0.1) is 0 Å².